The van der Waals surface area contributed by atoms with Crippen molar-refractivity contribution < 1.29 is 43.0 Å². The maximum absolute atomic E-state index is 13.5. The van der Waals surface area contributed by atoms with E-state index in [2.05, 4.69) is 132 Å². The van der Waals surface area contributed by atoms with E-state index in [-0.39, 0.29) is 85.9 Å². The Morgan fingerprint density at radius 1 is 0.538 bits per heavy atom. The van der Waals surface area contributed by atoms with E-state index >= 15 is 0 Å². The normalized spacial score (nSPS) is 16.0. The maximum Gasteiger partial charge on any atom is 0.410 e. The lowest BCUT2D eigenvalue weighted by Gasteiger charge is -2.35. The van der Waals surface area contributed by atoms with Crippen molar-refractivity contribution in [1.29, 1.82) is 0 Å². The van der Waals surface area contributed by atoms with Gasteiger partial charge < -0.3 is 61.6 Å². The van der Waals surface area contributed by atoms with Crippen molar-refractivity contribution in [2.75, 3.05) is 76.3 Å². The number of aldehydes is 1. The van der Waals surface area contributed by atoms with Gasteiger partial charge in [-0.15, -0.1) is 0 Å². The number of nitrogens with one attached hydrogen (secondary N) is 8. The number of hydrogen-bond acceptors (Lipinski definition) is 20. The number of amides is 5. The third-order valence-electron chi connectivity index (χ3n) is 21.0. The SMILES string of the molecule is C.CCc1nc2c(cnn2CC)c(NC2CCOCC2)c1CNC(=O)c1cccc(C(=O)NCc2cccc(-c3cccc(C=O)c3)c2)n1.CCc1nc2c(cnn2CC)c(NC2CCOCC2)c1CNC(=O)c1cccc(C(=O)NCc2cccc(-c3cccc(CN4CCN[C@@H](C)C4)c3)c2)n1.C[C@H]1CNCCN1C(=O)OC(C)(C)C. The number of fused-ring (bicyclic) bond motifs is 2. The second kappa shape index (κ2) is 41.5. The van der Waals surface area contributed by atoms with E-state index in [4.69, 9.17) is 24.2 Å². The summed E-state index contributed by atoms with van der Waals surface area (Å²) in [5.74, 6) is -1.49. The van der Waals surface area contributed by atoms with Crippen molar-refractivity contribution in [1.82, 2.24) is 81.2 Å². The minimum atomic E-state index is -0.401. The van der Waals surface area contributed by atoms with Gasteiger partial charge in [0.1, 0.15) is 34.7 Å². The van der Waals surface area contributed by atoms with E-state index in [0.29, 0.717) is 70.5 Å². The maximum atomic E-state index is 13.5. The molecule has 0 spiro atoms. The second-order valence-electron chi connectivity index (χ2n) is 30.7. The first-order valence-corrected chi connectivity index (χ1v) is 40.7. The van der Waals surface area contributed by atoms with Crippen molar-refractivity contribution in [2.24, 2.45) is 0 Å². The standard InChI is InChI=1S/C42H51N9O3.C37H39N7O4.C10H20N2O2.CH4/c1-4-36-34(39(47-33-15-19-54-20-16-33)35-25-46-51(5-2)40(35)49-36)24-45-42(53)38-14-8-13-37(48-38)41(52)44-23-29-9-6-11-31(21-29)32-12-7-10-30(22-32)27-50-18-17-43-28(3)26-50;1-3-31-29(34(41-28-14-16-48-17-15-28)30-22-40-44(4-2)35(30)43-31)21-39-37(47)33-13-7-12-32(42-33)36(46)38-20-24-8-5-10-26(18-24)27-11-6-9-25(19-27)23-45;1-8-7-11-5-6-12(8)9(13)14-10(2,3)4;/h6-14,21-22,25,28,33,43H,4-5,15-20,23-24,26-27H2,1-3H3,(H,44,52)(H,45,53)(H,47,49);5-13,18-19,22-23,28H,3-4,14-17,20-21H2,1-2H3,(H,38,46)(H,39,47)(H,41,43);8,11H,5-7H2,1-4H3;1H4/t28-;;8-;/m0.0./s1. The van der Waals surface area contributed by atoms with Crippen molar-refractivity contribution in [3.8, 4) is 22.3 Å². The van der Waals surface area contributed by atoms with Gasteiger partial charge in [0.25, 0.3) is 23.6 Å². The van der Waals surface area contributed by atoms with E-state index in [1.54, 1.807) is 47.4 Å². The van der Waals surface area contributed by atoms with Crippen molar-refractivity contribution in [2.45, 2.75) is 184 Å². The van der Waals surface area contributed by atoms with Crippen LogP contribution in [0.1, 0.15) is 187 Å². The highest BCUT2D eigenvalue weighted by Gasteiger charge is 2.30. The van der Waals surface area contributed by atoms with Crippen LogP contribution in [0.4, 0.5) is 16.2 Å². The fourth-order valence-corrected chi connectivity index (χ4v) is 14.8. The number of aromatic nitrogens is 8. The Kier molecular flexibility index (Phi) is 30.7. The van der Waals surface area contributed by atoms with Crippen LogP contribution in [-0.2, 0) is 72.9 Å². The van der Waals surface area contributed by atoms with Crippen LogP contribution in [0, 0.1) is 0 Å². The Morgan fingerprint density at radius 3 is 1.39 bits per heavy atom. The lowest BCUT2D eigenvalue weighted by molar-refractivity contribution is 0.0140. The molecule has 27 nitrogen and oxygen atoms in total. The Hall–Kier alpha value is -11.4. The smallest absolute Gasteiger partial charge is 0.410 e. The zero-order valence-electron chi connectivity index (χ0n) is 68.2. The summed E-state index contributed by atoms with van der Waals surface area (Å²) in [7, 11) is 0. The fraction of sp³-hybridized carbons (Fsp3) is 0.422. The number of pyridine rings is 4. The van der Waals surface area contributed by atoms with Gasteiger partial charge in [-0.25, -0.2) is 34.1 Å². The molecule has 10 aromatic rings. The van der Waals surface area contributed by atoms with Crippen LogP contribution in [0.2, 0.25) is 0 Å². The molecule has 27 heteroatoms. The highest BCUT2D eigenvalue weighted by atomic mass is 16.6. The zero-order valence-corrected chi connectivity index (χ0v) is 68.2. The molecule has 618 valence electrons. The van der Waals surface area contributed by atoms with Crippen LogP contribution >= 0.6 is 0 Å². The second-order valence-corrected chi connectivity index (χ2v) is 30.7. The largest absolute Gasteiger partial charge is 0.444 e. The van der Waals surface area contributed by atoms with Crippen LogP contribution in [0.3, 0.4) is 0 Å². The van der Waals surface area contributed by atoms with Crippen LogP contribution in [0.5, 0.6) is 0 Å². The highest BCUT2D eigenvalue weighted by Crippen LogP contribution is 2.34. The minimum Gasteiger partial charge on any atom is -0.444 e. The van der Waals surface area contributed by atoms with Gasteiger partial charge in [-0.05, 0) is 174 Å². The number of carbonyl (C=O) groups excluding carboxylic acids is 6. The molecule has 2 atom stereocenters. The zero-order chi connectivity index (χ0) is 81.7. The molecule has 4 aromatic carbocycles. The molecule has 117 heavy (non-hydrogen) atoms. The number of rotatable bonds is 25. The van der Waals surface area contributed by atoms with Crippen molar-refractivity contribution >= 4 is 69.4 Å². The average Bonchev–Trinajstić information content (AvgIpc) is 1.72. The van der Waals surface area contributed by atoms with Gasteiger partial charge in [0.2, 0.25) is 0 Å². The van der Waals surface area contributed by atoms with Gasteiger partial charge in [-0.1, -0.05) is 106 Å². The molecule has 0 unspecified atom stereocenters. The lowest BCUT2D eigenvalue weighted by Crippen LogP contribution is -2.53. The molecule has 14 rings (SSSR count). The molecule has 4 fully saturated rings. The van der Waals surface area contributed by atoms with Crippen LogP contribution in [-0.4, -0.2) is 181 Å². The molecular formula is C90H114N18O9. The number of hydrogen-bond donors (Lipinski definition) is 8. The molecule has 0 radical (unpaired) electrons. The number of aryl methyl sites for hydroxylation is 4. The van der Waals surface area contributed by atoms with E-state index in [9.17, 15) is 28.8 Å². The predicted molar refractivity (Wildman–Crippen MR) is 457 cm³/mol. The molecule has 0 aliphatic carbocycles. The summed E-state index contributed by atoms with van der Waals surface area (Å²) in [6.45, 7) is 29.9. The summed E-state index contributed by atoms with van der Waals surface area (Å²) in [6, 6.07) is 43.0. The Bertz CT molecular complexity index is 5060. The summed E-state index contributed by atoms with van der Waals surface area (Å²) in [5, 5.41) is 37.2. The molecule has 6 aromatic heterocycles. The molecule has 0 saturated carbocycles. The summed E-state index contributed by atoms with van der Waals surface area (Å²) in [6.07, 6.45) is 9.25. The molecular weight excluding hydrogens is 1480 g/mol. The summed E-state index contributed by atoms with van der Waals surface area (Å²) in [5.41, 5.74) is 15.2. The summed E-state index contributed by atoms with van der Waals surface area (Å²) >= 11 is 0. The average molecular weight is 1590 g/mol. The highest BCUT2D eigenvalue weighted by molar-refractivity contribution is 5.98. The summed E-state index contributed by atoms with van der Waals surface area (Å²) < 4.78 is 20.3. The first-order valence-electron chi connectivity index (χ1n) is 40.7. The monoisotopic (exact) mass is 1590 g/mol. The number of piperazine rings is 2. The quantitative estimate of drug-likeness (QED) is 0.0246. The van der Waals surface area contributed by atoms with Crippen LogP contribution in [0.15, 0.2) is 146 Å². The van der Waals surface area contributed by atoms with E-state index in [0.717, 1.165) is 167 Å². The van der Waals surface area contributed by atoms with E-state index in [1.165, 1.54) is 5.56 Å². The van der Waals surface area contributed by atoms with Crippen molar-refractivity contribution in [3.63, 3.8) is 0 Å². The van der Waals surface area contributed by atoms with Crippen LogP contribution in [0.25, 0.3) is 44.3 Å². The number of nitrogens with zero attached hydrogens (tertiary/aromatic N) is 10. The molecule has 0 bridgehead atoms. The number of anilines is 2. The van der Waals surface area contributed by atoms with Gasteiger partial charge in [-0.2, -0.15) is 10.2 Å². The first-order chi connectivity index (χ1) is 56.2. The molecule has 8 N–H and O–H groups in total. The van der Waals surface area contributed by atoms with Gasteiger partial charge in [0.15, 0.2) is 11.3 Å². The molecule has 4 saturated heterocycles. The Labute approximate surface area is 686 Å². The predicted octanol–water partition coefficient (Wildman–Crippen LogP) is 12.5. The topological polar surface area (TPSA) is 320 Å². The lowest BCUT2D eigenvalue weighted by atomic mass is 10.0. The van der Waals surface area contributed by atoms with E-state index < -0.39 is 17.4 Å². The van der Waals surface area contributed by atoms with E-state index in [1.807, 2.05) is 111 Å². The first kappa shape index (κ1) is 86.5. The van der Waals surface area contributed by atoms with Crippen LogP contribution < -0.4 is 42.5 Å². The molecule has 4 aliphatic heterocycles. The Balaban J connectivity index is 0.000000196. The molecule has 10 heterocycles. The van der Waals surface area contributed by atoms with Gasteiger partial charge in [0, 0.05) is 164 Å². The summed E-state index contributed by atoms with van der Waals surface area (Å²) in [4.78, 5) is 99.3. The van der Waals surface area contributed by atoms with Crippen molar-refractivity contribution in [3.05, 3.63) is 213 Å². The number of carbonyl (C=O) groups is 6. The number of ether oxygens (including phenoxy) is 3. The third-order valence-corrected chi connectivity index (χ3v) is 21.0. The fourth-order valence-electron chi connectivity index (χ4n) is 14.8. The van der Waals surface area contributed by atoms with Gasteiger partial charge in [-0.3, -0.25) is 28.9 Å². The molecule has 5 amide bonds. The Morgan fingerprint density at radius 2 is 0.966 bits per heavy atom. The van der Waals surface area contributed by atoms with Gasteiger partial charge >= 0.3 is 6.09 Å². The minimum absolute atomic E-state index is 0. The van der Waals surface area contributed by atoms with Gasteiger partial charge in [0.05, 0.1) is 34.5 Å². The molecule has 4 aliphatic rings. The third kappa shape index (κ3) is 23.1. The number of benzene rings is 4.